The maximum absolute atomic E-state index is 12.8. The monoisotopic (exact) mass is 534 g/mol. The molecule has 0 aliphatic carbocycles. The van der Waals surface area contributed by atoms with Crippen LogP contribution in [0.2, 0.25) is 0 Å². The summed E-state index contributed by atoms with van der Waals surface area (Å²) >= 11 is 0. The van der Waals surface area contributed by atoms with E-state index in [2.05, 4.69) is 31.3 Å². The van der Waals surface area contributed by atoms with Gasteiger partial charge in [-0.25, -0.2) is 14.5 Å². The molecule has 7 rings (SSSR count). The smallest absolute Gasteiger partial charge is 0.405 e. The number of rotatable bonds is 7. The highest BCUT2D eigenvalue weighted by Crippen LogP contribution is 2.36. The van der Waals surface area contributed by atoms with Crippen LogP contribution in [0.25, 0.3) is 16.6 Å². The topological polar surface area (TPSA) is 94.6 Å². The van der Waals surface area contributed by atoms with Crippen LogP contribution in [-0.2, 0) is 6.54 Å². The van der Waals surface area contributed by atoms with Crippen LogP contribution in [-0.4, -0.2) is 69.5 Å². The molecule has 0 saturated carbocycles. The number of alkyl halides is 3. The van der Waals surface area contributed by atoms with Gasteiger partial charge in [0.05, 0.1) is 36.3 Å². The van der Waals surface area contributed by atoms with Crippen molar-refractivity contribution in [2.45, 2.75) is 31.2 Å². The molecule has 3 fully saturated rings. The van der Waals surface area contributed by atoms with E-state index in [1.54, 1.807) is 19.4 Å². The fraction of sp³-hybridized carbons (Fsp3) is 0.333. The molecule has 4 aromatic heterocycles. The minimum atomic E-state index is -4.36. The first-order valence-electron chi connectivity index (χ1n) is 12.5. The fourth-order valence-corrected chi connectivity index (χ4v) is 5.42. The van der Waals surface area contributed by atoms with Crippen molar-refractivity contribution >= 4 is 17.0 Å². The van der Waals surface area contributed by atoms with Crippen LogP contribution in [0.3, 0.4) is 0 Å². The van der Waals surface area contributed by atoms with E-state index in [-0.39, 0.29) is 5.69 Å². The van der Waals surface area contributed by atoms with Gasteiger partial charge in [-0.15, -0.1) is 0 Å². The van der Waals surface area contributed by atoms with Gasteiger partial charge in [0.2, 0.25) is 5.88 Å². The predicted octanol–water partition coefficient (Wildman–Crippen LogP) is 4.11. The Hall–Kier alpha value is -4.37. The zero-order chi connectivity index (χ0) is 27.1. The quantitative estimate of drug-likeness (QED) is 0.379. The van der Waals surface area contributed by atoms with Crippen LogP contribution in [0, 0.1) is 11.3 Å². The molecule has 39 heavy (non-hydrogen) atoms. The summed E-state index contributed by atoms with van der Waals surface area (Å²) in [5.74, 6) is 1.45. The molecule has 12 heteroatoms. The van der Waals surface area contributed by atoms with Gasteiger partial charge in [-0.1, -0.05) is 6.07 Å². The Kier molecular flexibility index (Phi) is 6.23. The molecular formula is C27H25F3N8O. The number of methoxy groups -OCH3 is 1. The molecule has 0 amide bonds. The SMILES string of the molecule is COc1ccc(CN2C3CC2CN(c2ccc(-c4cc(NCC(F)(F)F)cn5ncc(C#N)c45)cn2)C3)cn1. The largest absolute Gasteiger partial charge is 0.481 e. The highest BCUT2D eigenvalue weighted by molar-refractivity contribution is 5.86. The van der Waals surface area contributed by atoms with E-state index in [1.165, 1.54) is 16.9 Å². The number of anilines is 2. The van der Waals surface area contributed by atoms with Crippen LogP contribution in [0.15, 0.2) is 55.1 Å². The number of hydrogen-bond donors (Lipinski definition) is 1. The molecule has 7 heterocycles. The summed E-state index contributed by atoms with van der Waals surface area (Å²) in [6, 6.07) is 12.3. The van der Waals surface area contributed by atoms with Crippen LogP contribution in [0.1, 0.15) is 17.5 Å². The highest BCUT2D eigenvalue weighted by atomic mass is 19.4. The summed E-state index contributed by atoms with van der Waals surface area (Å²) in [4.78, 5) is 13.8. The third kappa shape index (κ3) is 4.93. The number of piperidine rings is 1. The molecule has 3 saturated heterocycles. The normalized spacial score (nSPS) is 19.0. The number of fused-ring (bicyclic) bond motifs is 3. The van der Waals surface area contributed by atoms with E-state index in [0.29, 0.717) is 40.2 Å². The van der Waals surface area contributed by atoms with Gasteiger partial charge in [-0.3, -0.25) is 4.90 Å². The summed E-state index contributed by atoms with van der Waals surface area (Å²) in [6.45, 7) is 1.38. The molecule has 2 bridgehead atoms. The molecule has 3 aliphatic rings. The van der Waals surface area contributed by atoms with E-state index in [0.717, 1.165) is 37.4 Å². The van der Waals surface area contributed by atoms with Gasteiger partial charge < -0.3 is 15.0 Å². The Bertz CT molecular complexity index is 1520. The summed E-state index contributed by atoms with van der Waals surface area (Å²) in [5, 5.41) is 16.1. The summed E-state index contributed by atoms with van der Waals surface area (Å²) in [5.41, 5.74) is 3.52. The molecule has 200 valence electrons. The van der Waals surface area contributed by atoms with Crippen molar-refractivity contribution in [1.82, 2.24) is 24.5 Å². The average Bonchev–Trinajstić information content (AvgIpc) is 3.37. The Morgan fingerprint density at radius 3 is 2.56 bits per heavy atom. The first-order chi connectivity index (χ1) is 18.8. The molecule has 9 nitrogen and oxygen atoms in total. The van der Waals surface area contributed by atoms with Crippen molar-refractivity contribution in [3.05, 3.63) is 66.2 Å². The summed E-state index contributed by atoms with van der Waals surface area (Å²) in [6.07, 6.45) is 3.19. The number of hydrogen-bond acceptors (Lipinski definition) is 8. The van der Waals surface area contributed by atoms with Gasteiger partial charge in [0.25, 0.3) is 0 Å². The standard InChI is InChI=1S/C27H25F3N8O/c1-39-25-5-2-17(9-33-25)12-37-21-7-22(37)15-36(14-21)24-4-3-18(10-32-24)23-6-20(34-16-27(28,29)30)13-38-26(23)19(8-31)11-35-38/h2-6,9-11,13,21-22,34H,7,12,14-16H2,1H3. The van der Waals surface area contributed by atoms with Crippen molar-refractivity contribution in [2.75, 3.05) is 37.0 Å². The number of halogens is 3. The zero-order valence-corrected chi connectivity index (χ0v) is 21.1. The third-order valence-corrected chi connectivity index (χ3v) is 7.32. The molecule has 4 aromatic rings. The summed E-state index contributed by atoms with van der Waals surface area (Å²) in [7, 11) is 1.60. The number of nitrogens with one attached hydrogen (secondary N) is 1. The second-order valence-corrected chi connectivity index (χ2v) is 9.81. The van der Waals surface area contributed by atoms with E-state index in [1.807, 2.05) is 30.5 Å². The maximum Gasteiger partial charge on any atom is 0.405 e. The fourth-order valence-electron chi connectivity index (χ4n) is 5.42. The highest BCUT2D eigenvalue weighted by Gasteiger charge is 2.44. The lowest BCUT2D eigenvalue weighted by atomic mass is 9.87. The average molecular weight is 535 g/mol. The molecule has 2 unspecified atom stereocenters. The van der Waals surface area contributed by atoms with Crippen molar-refractivity contribution < 1.29 is 17.9 Å². The van der Waals surface area contributed by atoms with E-state index in [4.69, 9.17) is 9.72 Å². The number of aromatic nitrogens is 4. The zero-order valence-electron chi connectivity index (χ0n) is 21.1. The van der Waals surface area contributed by atoms with Crippen LogP contribution >= 0.6 is 0 Å². The molecule has 1 N–H and O–H groups in total. The first-order valence-corrected chi connectivity index (χ1v) is 12.5. The Morgan fingerprint density at radius 1 is 1.10 bits per heavy atom. The second-order valence-electron chi connectivity index (χ2n) is 9.81. The van der Waals surface area contributed by atoms with Crippen molar-refractivity contribution in [3.63, 3.8) is 0 Å². The number of ether oxygens (including phenoxy) is 1. The molecule has 0 spiro atoms. The summed E-state index contributed by atoms with van der Waals surface area (Å²) < 4.78 is 45.0. The molecule has 3 aliphatic heterocycles. The molecule has 0 aromatic carbocycles. The predicted molar refractivity (Wildman–Crippen MR) is 138 cm³/mol. The maximum atomic E-state index is 12.8. The van der Waals surface area contributed by atoms with E-state index >= 15 is 0 Å². The van der Waals surface area contributed by atoms with Gasteiger partial charge in [0.1, 0.15) is 18.4 Å². The minimum Gasteiger partial charge on any atom is -0.481 e. The second kappa shape index (κ2) is 9.74. The van der Waals surface area contributed by atoms with Gasteiger partial charge in [-0.2, -0.15) is 23.5 Å². The van der Waals surface area contributed by atoms with Crippen molar-refractivity contribution in [3.8, 4) is 23.1 Å². The van der Waals surface area contributed by atoms with E-state index in [9.17, 15) is 18.4 Å². The number of nitrogens with zero attached hydrogens (tertiary/aromatic N) is 7. The first kappa shape index (κ1) is 24.9. The van der Waals surface area contributed by atoms with Gasteiger partial charge >= 0.3 is 6.18 Å². The van der Waals surface area contributed by atoms with Crippen molar-refractivity contribution in [2.24, 2.45) is 0 Å². The van der Waals surface area contributed by atoms with Gasteiger partial charge in [-0.05, 0) is 30.2 Å². The van der Waals surface area contributed by atoms with Crippen LogP contribution in [0.4, 0.5) is 24.7 Å². The minimum absolute atomic E-state index is 0.245. The number of pyridine rings is 3. The van der Waals surface area contributed by atoms with Crippen molar-refractivity contribution in [1.29, 1.82) is 5.26 Å². The molecule has 2 atom stereocenters. The Morgan fingerprint density at radius 2 is 1.92 bits per heavy atom. The lowest BCUT2D eigenvalue weighted by molar-refractivity contribution is -0.115. The lowest BCUT2D eigenvalue weighted by Gasteiger charge is -2.56. The van der Waals surface area contributed by atoms with Gasteiger partial charge in [0, 0.05) is 61.3 Å². The number of nitriles is 1. The Labute approximate surface area is 222 Å². The third-order valence-electron chi connectivity index (χ3n) is 7.32. The van der Waals surface area contributed by atoms with Crippen LogP contribution < -0.4 is 15.0 Å². The van der Waals surface area contributed by atoms with Crippen LogP contribution in [0.5, 0.6) is 5.88 Å². The van der Waals surface area contributed by atoms with E-state index < -0.39 is 12.7 Å². The van der Waals surface area contributed by atoms with Gasteiger partial charge in [0.15, 0.2) is 0 Å². The molecular weight excluding hydrogens is 509 g/mol. The lowest BCUT2D eigenvalue weighted by Crippen LogP contribution is -2.68. The number of piperazine rings is 1. The molecule has 0 radical (unpaired) electrons. The Balaban J connectivity index is 1.19.